The molecule has 2 aromatic carbocycles. The number of anilines is 1. The fraction of sp³-hybridized carbons (Fsp3) is 0.0476. The molecule has 0 spiro atoms. The first-order valence-corrected chi connectivity index (χ1v) is 8.51. The van der Waals surface area contributed by atoms with E-state index in [9.17, 15) is 9.18 Å². The molecule has 2 heterocycles. The minimum absolute atomic E-state index is 0.290. The van der Waals surface area contributed by atoms with E-state index in [1.807, 2.05) is 47.2 Å². The van der Waals surface area contributed by atoms with Crippen molar-refractivity contribution in [2.45, 2.75) is 6.54 Å². The minimum Gasteiger partial charge on any atom is -0.339 e. The Bertz CT molecular complexity index is 1060. The summed E-state index contributed by atoms with van der Waals surface area (Å²) in [6, 6.07) is 19.7. The van der Waals surface area contributed by atoms with Crippen molar-refractivity contribution in [3.05, 3.63) is 102 Å². The van der Waals surface area contributed by atoms with Crippen molar-refractivity contribution >= 4 is 11.6 Å². The normalized spacial score (nSPS) is 10.7. The van der Waals surface area contributed by atoms with E-state index in [1.54, 1.807) is 36.7 Å². The van der Waals surface area contributed by atoms with Crippen LogP contribution in [0.3, 0.4) is 0 Å². The highest BCUT2D eigenvalue weighted by molar-refractivity contribution is 6.03. The molecule has 27 heavy (non-hydrogen) atoms. The first kappa shape index (κ1) is 16.8. The number of amides is 1. The Labute approximate surface area is 155 Å². The topological polar surface area (TPSA) is 51.9 Å². The Kier molecular flexibility index (Phi) is 4.53. The second-order valence-corrected chi connectivity index (χ2v) is 6.08. The van der Waals surface area contributed by atoms with Crippen molar-refractivity contribution in [3.63, 3.8) is 0 Å². The Balaban J connectivity index is 1.52. The Morgan fingerprint density at radius 2 is 1.85 bits per heavy atom. The van der Waals surface area contributed by atoms with Gasteiger partial charge in [-0.2, -0.15) is 5.10 Å². The highest BCUT2D eigenvalue weighted by Gasteiger charge is 2.13. The molecular formula is C21H17FN4O. The van der Waals surface area contributed by atoms with Crippen molar-refractivity contribution in [2.24, 2.45) is 0 Å². The highest BCUT2D eigenvalue weighted by Crippen LogP contribution is 2.19. The van der Waals surface area contributed by atoms with Crippen molar-refractivity contribution in [1.82, 2.24) is 14.3 Å². The summed E-state index contributed by atoms with van der Waals surface area (Å²) in [5.74, 6) is -0.752. The van der Waals surface area contributed by atoms with Crippen molar-refractivity contribution in [2.75, 3.05) is 5.32 Å². The van der Waals surface area contributed by atoms with Crippen LogP contribution in [0.15, 0.2) is 85.3 Å². The van der Waals surface area contributed by atoms with Gasteiger partial charge in [0.15, 0.2) is 5.82 Å². The van der Waals surface area contributed by atoms with E-state index in [1.165, 1.54) is 10.7 Å². The van der Waals surface area contributed by atoms with E-state index in [0.717, 1.165) is 5.56 Å². The molecule has 0 aliphatic heterocycles. The maximum atomic E-state index is 14.4. The first-order valence-electron chi connectivity index (χ1n) is 8.51. The molecule has 0 unspecified atom stereocenters. The number of aromatic nitrogens is 3. The molecule has 0 bridgehead atoms. The molecule has 1 N–H and O–H groups in total. The van der Waals surface area contributed by atoms with Gasteiger partial charge in [0.05, 0.1) is 0 Å². The lowest BCUT2D eigenvalue weighted by Gasteiger charge is -2.11. The van der Waals surface area contributed by atoms with Crippen LogP contribution in [0.4, 0.5) is 10.1 Å². The molecule has 4 aromatic rings. The van der Waals surface area contributed by atoms with Gasteiger partial charge in [0.25, 0.3) is 5.91 Å². The van der Waals surface area contributed by atoms with Gasteiger partial charge < -0.3 is 9.88 Å². The van der Waals surface area contributed by atoms with E-state index in [0.29, 0.717) is 23.6 Å². The van der Waals surface area contributed by atoms with Gasteiger partial charge in [-0.3, -0.25) is 4.79 Å². The minimum atomic E-state index is -0.462. The highest BCUT2D eigenvalue weighted by atomic mass is 19.1. The van der Waals surface area contributed by atoms with Crippen LogP contribution in [-0.4, -0.2) is 20.3 Å². The summed E-state index contributed by atoms with van der Waals surface area (Å²) in [5, 5.41) is 6.77. The average molecular weight is 360 g/mol. The maximum Gasteiger partial charge on any atom is 0.272 e. The smallest absolute Gasteiger partial charge is 0.272 e. The second-order valence-electron chi connectivity index (χ2n) is 6.08. The predicted octanol–water partition coefficient (Wildman–Crippen LogP) is 4.11. The lowest BCUT2D eigenvalue weighted by molar-refractivity contribution is 0.101. The molecule has 6 heteroatoms. The number of rotatable bonds is 5. The maximum absolute atomic E-state index is 14.4. The molecule has 0 saturated carbocycles. The molecule has 0 saturated heterocycles. The van der Waals surface area contributed by atoms with E-state index in [-0.39, 0.29) is 5.91 Å². The van der Waals surface area contributed by atoms with Gasteiger partial charge in [0, 0.05) is 30.8 Å². The largest absolute Gasteiger partial charge is 0.339 e. The van der Waals surface area contributed by atoms with E-state index in [2.05, 4.69) is 10.4 Å². The number of carbonyl (C=O) groups excluding carboxylic acids is 1. The molecule has 1 amide bonds. The zero-order valence-corrected chi connectivity index (χ0v) is 14.4. The summed E-state index contributed by atoms with van der Waals surface area (Å²) in [7, 11) is 0. The predicted molar refractivity (Wildman–Crippen MR) is 101 cm³/mol. The molecule has 0 atom stereocenters. The van der Waals surface area contributed by atoms with Crippen LogP contribution in [0.1, 0.15) is 16.1 Å². The quantitative estimate of drug-likeness (QED) is 0.582. The molecule has 4 rings (SSSR count). The third kappa shape index (κ3) is 3.64. The number of benzene rings is 2. The van der Waals surface area contributed by atoms with Crippen LogP contribution in [0, 0.1) is 5.82 Å². The molecule has 0 aliphatic carbocycles. The summed E-state index contributed by atoms with van der Waals surface area (Å²) in [4.78, 5) is 12.6. The summed E-state index contributed by atoms with van der Waals surface area (Å²) < 4.78 is 17.7. The average Bonchev–Trinajstić information content (AvgIpc) is 3.35. The van der Waals surface area contributed by atoms with Gasteiger partial charge in [-0.05, 0) is 42.0 Å². The fourth-order valence-corrected chi connectivity index (χ4v) is 2.92. The summed E-state index contributed by atoms with van der Waals surface area (Å²) in [6.07, 6.45) is 5.09. The zero-order chi connectivity index (χ0) is 18.6. The Morgan fingerprint density at radius 1 is 1.00 bits per heavy atom. The van der Waals surface area contributed by atoms with Gasteiger partial charge in [0.1, 0.15) is 11.4 Å². The van der Waals surface area contributed by atoms with Crippen molar-refractivity contribution in [1.29, 1.82) is 0 Å². The molecule has 134 valence electrons. The second kappa shape index (κ2) is 7.29. The third-order valence-electron chi connectivity index (χ3n) is 4.21. The van der Waals surface area contributed by atoms with E-state index in [4.69, 9.17) is 0 Å². The summed E-state index contributed by atoms with van der Waals surface area (Å²) in [5.41, 5.74) is 2.32. The number of nitrogens with one attached hydrogen (secondary N) is 1. The molecule has 5 nitrogen and oxygen atoms in total. The van der Waals surface area contributed by atoms with Gasteiger partial charge in [-0.25, -0.2) is 9.07 Å². The first-order chi connectivity index (χ1) is 13.2. The Morgan fingerprint density at radius 3 is 2.59 bits per heavy atom. The molecular weight excluding hydrogens is 343 g/mol. The van der Waals surface area contributed by atoms with Crippen LogP contribution in [-0.2, 0) is 6.54 Å². The van der Waals surface area contributed by atoms with Crippen LogP contribution in [0.25, 0.3) is 5.69 Å². The lowest BCUT2D eigenvalue weighted by atomic mass is 10.2. The molecule has 0 fully saturated rings. The lowest BCUT2D eigenvalue weighted by Crippen LogP contribution is -2.17. The van der Waals surface area contributed by atoms with Crippen LogP contribution < -0.4 is 5.32 Å². The number of carbonyl (C=O) groups is 1. The molecule has 0 radical (unpaired) electrons. The third-order valence-corrected chi connectivity index (χ3v) is 4.21. The number of halogens is 1. The fourth-order valence-electron chi connectivity index (χ4n) is 2.92. The van der Waals surface area contributed by atoms with E-state index >= 15 is 0 Å². The Hall–Kier alpha value is -3.67. The zero-order valence-electron chi connectivity index (χ0n) is 14.4. The van der Waals surface area contributed by atoms with Crippen LogP contribution in [0.5, 0.6) is 0 Å². The van der Waals surface area contributed by atoms with Crippen molar-refractivity contribution < 1.29 is 9.18 Å². The van der Waals surface area contributed by atoms with Gasteiger partial charge in [0.2, 0.25) is 0 Å². The van der Waals surface area contributed by atoms with Crippen LogP contribution in [0.2, 0.25) is 0 Å². The van der Waals surface area contributed by atoms with Gasteiger partial charge in [-0.1, -0.05) is 30.3 Å². The monoisotopic (exact) mass is 360 g/mol. The van der Waals surface area contributed by atoms with Crippen LogP contribution >= 0.6 is 0 Å². The number of hydrogen-bond acceptors (Lipinski definition) is 2. The number of nitrogens with zero attached hydrogens (tertiary/aromatic N) is 3. The standard InChI is InChI=1S/C21H17FN4O/c22-18-14-17(9-10-19(18)26-13-5-11-23-26)24-21(27)20-8-4-12-25(20)15-16-6-2-1-3-7-16/h1-14H,15H2,(H,24,27). The molecule has 0 aliphatic rings. The molecule has 2 aromatic heterocycles. The van der Waals surface area contributed by atoms with Crippen molar-refractivity contribution in [3.8, 4) is 5.69 Å². The summed E-state index contributed by atoms with van der Waals surface area (Å²) in [6.45, 7) is 0.586. The summed E-state index contributed by atoms with van der Waals surface area (Å²) >= 11 is 0. The van der Waals surface area contributed by atoms with E-state index < -0.39 is 5.82 Å². The van der Waals surface area contributed by atoms with Gasteiger partial charge >= 0.3 is 0 Å². The SMILES string of the molecule is O=C(Nc1ccc(-n2cccn2)c(F)c1)c1cccn1Cc1ccccc1. The van der Waals surface area contributed by atoms with Gasteiger partial charge in [-0.15, -0.1) is 0 Å². The number of hydrogen-bond donors (Lipinski definition) is 1.